The molecule has 0 aliphatic heterocycles. The molecule has 0 saturated heterocycles. The van der Waals surface area contributed by atoms with Gasteiger partial charge in [-0.3, -0.25) is 0 Å². The molecule has 0 radical (unpaired) electrons. The van der Waals surface area contributed by atoms with Gasteiger partial charge in [-0.15, -0.1) is 0 Å². The van der Waals surface area contributed by atoms with E-state index in [1.165, 1.54) is 15.8 Å². The van der Waals surface area contributed by atoms with Crippen molar-refractivity contribution in [2.45, 2.75) is 36.6 Å². The lowest BCUT2D eigenvalue weighted by Gasteiger charge is -2.23. The Balaban J connectivity index is 0.000000745. The molecule has 0 spiro atoms. The zero-order valence-corrected chi connectivity index (χ0v) is 22.9. The van der Waals surface area contributed by atoms with Gasteiger partial charge in [-0.25, -0.2) is 65.9 Å². The van der Waals surface area contributed by atoms with Crippen LogP contribution in [0.1, 0.15) is 20.8 Å². The van der Waals surface area contributed by atoms with Crippen LogP contribution in [0.5, 0.6) is 0 Å². The molecule has 0 atom stereocenters. The van der Waals surface area contributed by atoms with E-state index in [1.807, 2.05) is 0 Å². The molecule has 0 N–H and O–H groups in total. The molecule has 0 aromatic heterocycles. The molecule has 3 aromatic rings. The molecule has 0 fully saturated rings. The number of rotatable bonds is 6. The number of hydrogen-bond acceptors (Lipinski definition) is 0. The molecule has 0 heterocycles. The van der Waals surface area contributed by atoms with Crippen LogP contribution in [0.25, 0.3) is 0 Å². The van der Waals surface area contributed by atoms with Crippen LogP contribution >= 0.6 is 7.92 Å². The predicted octanol–water partition coefficient (Wildman–Crippen LogP) is 8.07. The van der Waals surface area contributed by atoms with Crippen molar-refractivity contribution < 1.29 is 65.9 Å². The fourth-order valence-electron chi connectivity index (χ4n) is 3.57. The molecule has 17 heteroatoms. The summed E-state index contributed by atoms with van der Waals surface area (Å²) in [6.45, 7) is 6.97. The summed E-state index contributed by atoms with van der Waals surface area (Å²) >= 11 is -0.171. The first-order valence-electron chi connectivity index (χ1n) is 11.4. The third-order valence-electron chi connectivity index (χ3n) is 5.96. The molecule has 0 bridgehead atoms. The van der Waals surface area contributed by atoms with Gasteiger partial charge in [-0.1, -0.05) is 36.6 Å². The molecule has 224 valence electrons. The second kappa shape index (κ2) is 13.7. The van der Waals surface area contributed by atoms with E-state index >= 15 is 0 Å². The van der Waals surface area contributed by atoms with Crippen molar-refractivity contribution in [1.29, 1.82) is 0 Å². The molecule has 3 aromatic carbocycles. The Bertz CT molecular complexity index is 1220. The zero-order chi connectivity index (χ0) is 31.7. The van der Waals surface area contributed by atoms with Crippen molar-refractivity contribution in [2.75, 3.05) is 0 Å². The summed E-state index contributed by atoms with van der Waals surface area (Å²) < 4.78 is 209. The van der Waals surface area contributed by atoms with Crippen LogP contribution < -0.4 is 15.9 Å². The van der Waals surface area contributed by atoms with Crippen LogP contribution in [0.15, 0.2) is 0 Å². The van der Waals surface area contributed by atoms with Gasteiger partial charge in [0.05, 0.1) is 15.9 Å². The summed E-state index contributed by atoms with van der Waals surface area (Å²) in [6, 6.07) is 0. The first kappa shape index (κ1) is 34.8. The van der Waals surface area contributed by atoms with Gasteiger partial charge in [-0.05, 0) is 0 Å². The predicted molar refractivity (Wildman–Crippen MR) is 122 cm³/mol. The standard InChI is InChI=1S/C18F15P.3C2H5.Al/c19-1-4(22)10(28)16(11(29)5(1)23)34(17-12(30)6(24)2(20)7(25)13(17)31)18-14(32)8(26)3(21)9(27)15(18)33;3*1-2;/h;3*1H2,2H3;. The number of benzene rings is 3. The van der Waals surface area contributed by atoms with Crippen molar-refractivity contribution in [3.63, 3.8) is 0 Å². The Labute approximate surface area is 227 Å². The Hall–Kier alpha value is -2.43. The van der Waals surface area contributed by atoms with E-state index in [0.717, 1.165) is 0 Å². The zero-order valence-electron chi connectivity index (χ0n) is 20.8. The number of hydrogen-bond donors (Lipinski definition) is 0. The summed E-state index contributed by atoms with van der Waals surface area (Å²) in [5.74, 6) is -44.9. The van der Waals surface area contributed by atoms with Gasteiger partial charge in [0.15, 0.2) is 69.8 Å². The van der Waals surface area contributed by atoms with Gasteiger partial charge in [-0.2, -0.15) is 0 Å². The van der Waals surface area contributed by atoms with Crippen molar-refractivity contribution in [2.24, 2.45) is 0 Å². The fraction of sp³-hybridized carbons (Fsp3) is 0.250. The molecule has 0 aliphatic rings. The van der Waals surface area contributed by atoms with E-state index in [1.54, 1.807) is 0 Å². The van der Waals surface area contributed by atoms with E-state index in [0.29, 0.717) is 0 Å². The second-order valence-electron chi connectivity index (χ2n) is 8.18. The maximum absolute atomic E-state index is 14.4. The van der Waals surface area contributed by atoms with E-state index in [9.17, 15) is 65.9 Å². The fourth-order valence-corrected chi connectivity index (χ4v) is 7.74. The van der Waals surface area contributed by atoms with E-state index < -0.39 is 111 Å². The van der Waals surface area contributed by atoms with Gasteiger partial charge < -0.3 is 0 Å². The molecule has 0 unspecified atom stereocenters. The van der Waals surface area contributed by atoms with Crippen molar-refractivity contribution >= 4 is 38.0 Å². The van der Waals surface area contributed by atoms with Crippen LogP contribution in [0.4, 0.5) is 65.9 Å². The second-order valence-corrected chi connectivity index (χ2v) is 14.4. The maximum atomic E-state index is 14.4. The smallest absolute Gasteiger partial charge is 0.203 e. The molecule has 3 rings (SSSR count). The molecule has 41 heavy (non-hydrogen) atoms. The molecule has 0 nitrogen and oxygen atoms in total. The molecular weight excluding hydrogens is 631 g/mol. The van der Waals surface area contributed by atoms with E-state index in [2.05, 4.69) is 20.8 Å². The lowest BCUT2D eigenvalue weighted by Crippen LogP contribution is -2.36. The summed E-state index contributed by atoms with van der Waals surface area (Å²) in [4.78, 5) is 0. The van der Waals surface area contributed by atoms with E-state index in [-0.39, 0.29) is 14.1 Å². The normalized spacial score (nSPS) is 11.2. The summed E-state index contributed by atoms with van der Waals surface area (Å²) in [7, 11) is -4.90. The van der Waals surface area contributed by atoms with Gasteiger partial charge >= 0.3 is 0 Å². The monoisotopic (exact) mass is 646 g/mol. The van der Waals surface area contributed by atoms with Crippen LogP contribution in [-0.2, 0) is 0 Å². The van der Waals surface area contributed by atoms with Gasteiger partial charge in [0.25, 0.3) is 14.1 Å². The minimum Gasteiger partial charge on any atom is -0.203 e. The summed E-state index contributed by atoms with van der Waals surface area (Å²) in [5.41, 5.74) is 0. The Kier molecular flexibility index (Phi) is 11.6. The Morgan fingerprint density at radius 2 is 0.463 bits per heavy atom. The highest BCUT2D eigenvalue weighted by Crippen LogP contribution is 2.42. The third-order valence-corrected chi connectivity index (χ3v) is 11.9. The summed E-state index contributed by atoms with van der Waals surface area (Å²) in [6.07, 6.45) is 0. The van der Waals surface area contributed by atoms with Gasteiger partial charge in [0.1, 0.15) is 0 Å². The van der Waals surface area contributed by atoms with Crippen LogP contribution in [0.3, 0.4) is 0 Å². The first-order chi connectivity index (χ1) is 19.0. The topological polar surface area (TPSA) is 0 Å². The van der Waals surface area contributed by atoms with E-state index in [4.69, 9.17) is 0 Å². The quantitative estimate of drug-likeness (QED) is 0.0836. The molecular formula is C24H15AlF15P. The largest absolute Gasteiger partial charge is 0.261 e. The van der Waals surface area contributed by atoms with Gasteiger partial charge in [0.2, 0.25) is 17.5 Å². The first-order valence-corrected chi connectivity index (χ1v) is 15.1. The molecule has 0 saturated carbocycles. The lowest BCUT2D eigenvalue weighted by molar-refractivity contribution is 0.381. The SMILES string of the molecule is C[CH2][Al]([CH2]C)[CH2]C.Fc1c(F)c(F)c(P(c2c(F)c(F)c(F)c(F)c2F)c2c(F)c(F)c(F)c(F)c2F)c(F)c1F. The minimum atomic E-state index is -4.90. The lowest BCUT2D eigenvalue weighted by atomic mass is 10.3. The molecule has 0 aliphatic carbocycles. The van der Waals surface area contributed by atoms with Crippen LogP contribution in [0.2, 0.25) is 15.8 Å². The maximum Gasteiger partial charge on any atom is 0.261 e. The highest BCUT2D eigenvalue weighted by Gasteiger charge is 2.42. The highest BCUT2D eigenvalue weighted by atomic mass is 31.1. The third kappa shape index (κ3) is 6.20. The van der Waals surface area contributed by atoms with Crippen LogP contribution in [-0.4, -0.2) is 14.1 Å². The number of halogens is 15. The Morgan fingerprint density at radius 3 is 0.585 bits per heavy atom. The van der Waals surface area contributed by atoms with Crippen LogP contribution in [0, 0.1) is 87.3 Å². The minimum absolute atomic E-state index is 0.171. The molecule has 0 amide bonds. The van der Waals surface area contributed by atoms with Gasteiger partial charge in [0, 0.05) is 7.92 Å². The van der Waals surface area contributed by atoms with Crippen molar-refractivity contribution in [3.05, 3.63) is 87.3 Å². The van der Waals surface area contributed by atoms with Crippen molar-refractivity contribution in [3.8, 4) is 0 Å². The highest BCUT2D eigenvalue weighted by molar-refractivity contribution is 7.79. The average Bonchev–Trinajstić information content (AvgIpc) is 2.96. The average molecular weight is 646 g/mol. The van der Waals surface area contributed by atoms with Crippen molar-refractivity contribution in [1.82, 2.24) is 0 Å². The summed E-state index contributed by atoms with van der Waals surface area (Å²) in [5, 5.41) is -3.36. The Morgan fingerprint density at radius 1 is 0.317 bits per heavy atom.